The molecule has 25 heavy (non-hydrogen) atoms. The lowest BCUT2D eigenvalue weighted by Gasteiger charge is -2.26. The molecule has 0 saturated heterocycles. The first-order valence-corrected chi connectivity index (χ1v) is 8.15. The van der Waals surface area contributed by atoms with Gasteiger partial charge >= 0.3 is 11.9 Å². The van der Waals surface area contributed by atoms with Gasteiger partial charge in [0.1, 0.15) is 5.75 Å². The van der Waals surface area contributed by atoms with Gasteiger partial charge in [-0.3, -0.25) is 9.59 Å². The quantitative estimate of drug-likeness (QED) is 0.631. The summed E-state index contributed by atoms with van der Waals surface area (Å²) in [6.45, 7) is 5.20. The molecule has 1 aliphatic rings. The number of fused-ring (bicyclic) bond motifs is 1. The maximum Gasteiger partial charge on any atom is 0.308 e. The number of carbonyl (C=O) groups excluding carboxylic acids is 2. The van der Waals surface area contributed by atoms with E-state index in [-0.39, 0.29) is 17.4 Å². The maximum absolute atomic E-state index is 11.3. The molecule has 2 aromatic carbocycles. The van der Waals surface area contributed by atoms with Gasteiger partial charge in [0.15, 0.2) is 11.5 Å². The van der Waals surface area contributed by atoms with E-state index in [1.165, 1.54) is 25.0 Å². The second-order valence-electron chi connectivity index (χ2n) is 6.22. The standard InChI is InChI=1S/C20H20O5/c1-12-4-6-15(7-5-12)17-8-16-9-19(24-13(2)21)20(25-14(3)22)10-18(16)23-11-17/h4-7,9-10,17H,8,11H2,1-3H3/t17-/m0/s1. The molecular weight excluding hydrogens is 320 g/mol. The third kappa shape index (κ3) is 3.99. The Morgan fingerprint density at radius 3 is 2.20 bits per heavy atom. The number of hydrogen-bond donors (Lipinski definition) is 0. The number of rotatable bonds is 3. The molecule has 0 radical (unpaired) electrons. The molecule has 0 saturated carbocycles. The van der Waals surface area contributed by atoms with Crippen LogP contribution in [0.4, 0.5) is 0 Å². The number of benzene rings is 2. The summed E-state index contributed by atoms with van der Waals surface area (Å²) < 4.78 is 16.2. The minimum atomic E-state index is -0.485. The molecule has 1 aliphatic heterocycles. The van der Waals surface area contributed by atoms with E-state index >= 15 is 0 Å². The molecule has 0 unspecified atom stereocenters. The van der Waals surface area contributed by atoms with Crippen LogP contribution in [-0.2, 0) is 16.0 Å². The lowest BCUT2D eigenvalue weighted by atomic mass is 9.90. The van der Waals surface area contributed by atoms with Gasteiger partial charge in [-0.1, -0.05) is 29.8 Å². The van der Waals surface area contributed by atoms with Crippen molar-refractivity contribution >= 4 is 11.9 Å². The van der Waals surface area contributed by atoms with Gasteiger partial charge in [-0.25, -0.2) is 0 Å². The van der Waals surface area contributed by atoms with Crippen LogP contribution in [0.15, 0.2) is 36.4 Å². The molecule has 130 valence electrons. The molecule has 0 fully saturated rings. The molecule has 1 heterocycles. The SMILES string of the molecule is CC(=O)Oc1cc2c(cc1OC(C)=O)OC[C@@H](c1ccc(C)cc1)C2. The fourth-order valence-corrected chi connectivity index (χ4v) is 2.91. The highest BCUT2D eigenvalue weighted by molar-refractivity contribution is 5.74. The lowest BCUT2D eigenvalue weighted by molar-refractivity contribution is -0.134. The smallest absolute Gasteiger partial charge is 0.308 e. The Hall–Kier alpha value is -2.82. The summed E-state index contributed by atoms with van der Waals surface area (Å²) in [5.41, 5.74) is 3.34. The molecule has 0 N–H and O–H groups in total. The van der Waals surface area contributed by atoms with E-state index in [1.54, 1.807) is 12.1 Å². The Labute approximate surface area is 146 Å². The second kappa shape index (κ2) is 6.97. The van der Waals surface area contributed by atoms with E-state index in [0.29, 0.717) is 12.4 Å². The topological polar surface area (TPSA) is 61.8 Å². The van der Waals surface area contributed by atoms with Crippen LogP contribution in [-0.4, -0.2) is 18.5 Å². The molecule has 5 heteroatoms. The Morgan fingerprint density at radius 2 is 1.60 bits per heavy atom. The largest absolute Gasteiger partial charge is 0.493 e. The molecule has 0 bridgehead atoms. The molecule has 1 atom stereocenters. The van der Waals surface area contributed by atoms with E-state index in [2.05, 4.69) is 31.2 Å². The van der Waals surface area contributed by atoms with Gasteiger partial charge in [0.05, 0.1) is 6.61 Å². The van der Waals surface area contributed by atoms with Crippen LogP contribution in [0.25, 0.3) is 0 Å². The maximum atomic E-state index is 11.3. The number of esters is 2. The van der Waals surface area contributed by atoms with E-state index in [4.69, 9.17) is 14.2 Å². The molecule has 0 aliphatic carbocycles. The fourth-order valence-electron chi connectivity index (χ4n) is 2.91. The average Bonchev–Trinajstić information content (AvgIpc) is 2.55. The zero-order valence-electron chi connectivity index (χ0n) is 14.5. The minimum Gasteiger partial charge on any atom is -0.493 e. The summed E-state index contributed by atoms with van der Waals surface area (Å²) >= 11 is 0. The van der Waals surface area contributed by atoms with Gasteiger partial charge in [-0.05, 0) is 30.5 Å². The first-order valence-electron chi connectivity index (χ1n) is 8.15. The summed E-state index contributed by atoms with van der Waals surface area (Å²) in [6.07, 6.45) is 0.757. The van der Waals surface area contributed by atoms with Crippen LogP contribution in [0.2, 0.25) is 0 Å². The zero-order valence-corrected chi connectivity index (χ0v) is 14.5. The van der Waals surface area contributed by atoms with Crippen LogP contribution in [0.3, 0.4) is 0 Å². The van der Waals surface area contributed by atoms with Crippen molar-refractivity contribution in [3.8, 4) is 17.2 Å². The highest BCUT2D eigenvalue weighted by Gasteiger charge is 2.25. The van der Waals surface area contributed by atoms with Crippen molar-refractivity contribution in [2.75, 3.05) is 6.61 Å². The highest BCUT2D eigenvalue weighted by Crippen LogP contribution is 2.40. The summed E-state index contributed by atoms with van der Waals surface area (Å²) in [4.78, 5) is 22.6. The average molecular weight is 340 g/mol. The number of ether oxygens (including phenoxy) is 3. The molecular formula is C20H20O5. The molecule has 2 aromatic rings. The normalized spacial score (nSPS) is 15.7. The van der Waals surface area contributed by atoms with Crippen LogP contribution < -0.4 is 14.2 Å². The first kappa shape index (κ1) is 17.0. The highest BCUT2D eigenvalue weighted by atomic mass is 16.6. The summed E-state index contributed by atoms with van der Waals surface area (Å²) in [5, 5.41) is 0. The van der Waals surface area contributed by atoms with Gasteiger partial charge in [-0.2, -0.15) is 0 Å². The van der Waals surface area contributed by atoms with Gasteiger partial charge in [-0.15, -0.1) is 0 Å². The Balaban J connectivity index is 1.91. The zero-order chi connectivity index (χ0) is 18.0. The Bertz CT molecular complexity index is 808. The molecule has 5 nitrogen and oxygen atoms in total. The Morgan fingerprint density at radius 1 is 1.00 bits per heavy atom. The van der Waals surface area contributed by atoms with Gasteiger partial charge in [0.2, 0.25) is 0 Å². The van der Waals surface area contributed by atoms with E-state index < -0.39 is 11.9 Å². The second-order valence-corrected chi connectivity index (χ2v) is 6.22. The fraction of sp³-hybridized carbons (Fsp3) is 0.300. The van der Waals surface area contributed by atoms with E-state index in [1.807, 2.05) is 0 Å². The molecule has 3 rings (SSSR count). The number of hydrogen-bond acceptors (Lipinski definition) is 5. The van der Waals surface area contributed by atoms with Gasteiger partial charge in [0.25, 0.3) is 0 Å². The van der Waals surface area contributed by atoms with Crippen LogP contribution in [0.1, 0.15) is 36.5 Å². The number of aryl methyl sites for hydroxylation is 1. The van der Waals surface area contributed by atoms with Crippen LogP contribution >= 0.6 is 0 Å². The van der Waals surface area contributed by atoms with Crippen LogP contribution in [0, 0.1) is 6.92 Å². The van der Waals surface area contributed by atoms with Crippen molar-refractivity contribution in [2.45, 2.75) is 33.1 Å². The summed E-state index contributed by atoms with van der Waals surface area (Å²) in [7, 11) is 0. The summed E-state index contributed by atoms with van der Waals surface area (Å²) in [6, 6.07) is 11.7. The third-order valence-corrected chi connectivity index (χ3v) is 4.09. The van der Waals surface area contributed by atoms with Gasteiger partial charge < -0.3 is 14.2 Å². The van der Waals surface area contributed by atoms with Crippen LogP contribution in [0.5, 0.6) is 17.2 Å². The molecule has 0 spiro atoms. The van der Waals surface area contributed by atoms with E-state index in [9.17, 15) is 9.59 Å². The lowest BCUT2D eigenvalue weighted by Crippen LogP contribution is -2.20. The third-order valence-electron chi connectivity index (χ3n) is 4.09. The molecule has 0 aromatic heterocycles. The van der Waals surface area contributed by atoms with Crippen molar-refractivity contribution in [2.24, 2.45) is 0 Å². The predicted octanol–water partition coefficient (Wildman–Crippen LogP) is 3.56. The first-order chi connectivity index (χ1) is 11.9. The minimum absolute atomic E-state index is 0.190. The van der Waals surface area contributed by atoms with Crippen molar-refractivity contribution in [1.29, 1.82) is 0 Å². The van der Waals surface area contributed by atoms with E-state index in [0.717, 1.165) is 12.0 Å². The monoisotopic (exact) mass is 340 g/mol. The van der Waals surface area contributed by atoms with Crippen molar-refractivity contribution in [3.63, 3.8) is 0 Å². The Kier molecular flexibility index (Phi) is 4.74. The predicted molar refractivity (Wildman–Crippen MR) is 92.2 cm³/mol. The van der Waals surface area contributed by atoms with Crippen molar-refractivity contribution in [3.05, 3.63) is 53.1 Å². The van der Waals surface area contributed by atoms with Gasteiger partial charge in [0, 0.05) is 25.8 Å². The number of carbonyl (C=O) groups is 2. The molecule has 0 amide bonds. The summed E-state index contributed by atoms with van der Waals surface area (Å²) in [5.74, 6) is 0.333. The van der Waals surface area contributed by atoms with Crippen molar-refractivity contribution in [1.82, 2.24) is 0 Å². The van der Waals surface area contributed by atoms with Crippen molar-refractivity contribution < 1.29 is 23.8 Å².